The molecule has 0 unspecified atom stereocenters. The molecular weight excluding hydrogens is 354 g/mol. The first kappa shape index (κ1) is 17.6. The number of thioether (sulfide) groups is 1. The Labute approximate surface area is 156 Å². The first-order chi connectivity index (χ1) is 12.2. The number of nitrogens with one attached hydrogen (secondary N) is 1. The lowest BCUT2D eigenvalue weighted by atomic mass is 10.1. The zero-order chi connectivity index (χ0) is 17.6. The van der Waals surface area contributed by atoms with Crippen molar-refractivity contribution in [2.45, 2.75) is 11.6 Å². The lowest BCUT2D eigenvalue weighted by molar-refractivity contribution is 0.0954. The zero-order valence-corrected chi connectivity index (χ0v) is 15.3. The van der Waals surface area contributed by atoms with Crippen LogP contribution in [0.4, 0.5) is 0 Å². The van der Waals surface area contributed by atoms with Crippen molar-refractivity contribution in [1.29, 1.82) is 0 Å². The molecule has 0 radical (unpaired) electrons. The molecule has 1 amide bonds. The molecular formula is C19H18ClN3OS. The van der Waals surface area contributed by atoms with Gasteiger partial charge in [-0.1, -0.05) is 41.6 Å². The summed E-state index contributed by atoms with van der Waals surface area (Å²) in [5, 5.41) is 4.57. The van der Waals surface area contributed by atoms with Gasteiger partial charge in [-0.25, -0.2) is 4.98 Å². The van der Waals surface area contributed by atoms with Gasteiger partial charge in [0.25, 0.3) is 5.91 Å². The molecule has 1 N–H and O–H groups in total. The van der Waals surface area contributed by atoms with Crippen molar-refractivity contribution in [2.24, 2.45) is 0 Å². The normalized spacial score (nSPS) is 10.6. The van der Waals surface area contributed by atoms with Crippen LogP contribution < -0.4 is 5.32 Å². The Morgan fingerprint density at radius 3 is 2.80 bits per heavy atom. The van der Waals surface area contributed by atoms with Crippen LogP contribution in [-0.4, -0.2) is 28.3 Å². The van der Waals surface area contributed by atoms with Crippen LogP contribution in [0, 0.1) is 0 Å². The first-order valence-corrected chi connectivity index (χ1v) is 9.48. The molecule has 6 heteroatoms. The number of nitrogens with zero attached hydrogens (tertiary/aromatic N) is 2. The van der Waals surface area contributed by atoms with Gasteiger partial charge in [0.2, 0.25) is 0 Å². The summed E-state index contributed by atoms with van der Waals surface area (Å²) in [7, 11) is 0. The van der Waals surface area contributed by atoms with E-state index >= 15 is 0 Å². The first-order valence-electron chi connectivity index (χ1n) is 7.88. The molecule has 1 heterocycles. The molecule has 1 aromatic heterocycles. The largest absolute Gasteiger partial charge is 0.352 e. The van der Waals surface area contributed by atoms with Crippen molar-refractivity contribution >= 4 is 29.3 Å². The highest BCUT2D eigenvalue weighted by atomic mass is 35.5. The highest BCUT2D eigenvalue weighted by molar-refractivity contribution is 7.98. The van der Waals surface area contributed by atoms with Gasteiger partial charge in [-0.15, -0.1) is 0 Å². The highest BCUT2D eigenvalue weighted by Gasteiger charge is 2.09. The van der Waals surface area contributed by atoms with E-state index < -0.39 is 0 Å². The van der Waals surface area contributed by atoms with E-state index in [0.717, 1.165) is 22.8 Å². The summed E-state index contributed by atoms with van der Waals surface area (Å²) in [6.07, 6.45) is 6.39. The molecule has 2 aromatic carbocycles. The molecule has 0 spiro atoms. The van der Waals surface area contributed by atoms with Gasteiger partial charge >= 0.3 is 0 Å². The second kappa shape index (κ2) is 8.23. The molecule has 0 saturated carbocycles. The molecule has 128 valence electrons. The summed E-state index contributed by atoms with van der Waals surface area (Å²) in [4.78, 5) is 16.7. The summed E-state index contributed by atoms with van der Waals surface area (Å²) in [5.41, 5.74) is 2.70. The third kappa shape index (κ3) is 4.44. The van der Waals surface area contributed by atoms with E-state index in [0.29, 0.717) is 17.1 Å². The second-order valence-electron chi connectivity index (χ2n) is 5.47. The molecule has 0 aliphatic rings. The Bertz CT molecular complexity index is 861. The van der Waals surface area contributed by atoms with Gasteiger partial charge in [-0.05, 0) is 48.6 Å². The average Bonchev–Trinajstić information content (AvgIpc) is 3.12. The number of benzene rings is 2. The van der Waals surface area contributed by atoms with E-state index in [1.807, 2.05) is 65.6 Å². The van der Waals surface area contributed by atoms with Crippen molar-refractivity contribution in [3.8, 4) is 5.69 Å². The van der Waals surface area contributed by atoms with E-state index in [4.69, 9.17) is 11.6 Å². The minimum atomic E-state index is -0.0818. The van der Waals surface area contributed by atoms with Crippen LogP contribution in [0.1, 0.15) is 15.9 Å². The van der Waals surface area contributed by atoms with Crippen LogP contribution >= 0.6 is 23.4 Å². The summed E-state index contributed by atoms with van der Waals surface area (Å²) in [6.45, 7) is 0.575. The number of halogens is 1. The smallest absolute Gasteiger partial charge is 0.251 e. The van der Waals surface area contributed by atoms with E-state index in [1.165, 1.54) is 0 Å². The Morgan fingerprint density at radius 1 is 1.24 bits per heavy atom. The molecule has 0 aliphatic heterocycles. The van der Waals surface area contributed by atoms with Gasteiger partial charge in [0, 0.05) is 35.2 Å². The number of hydrogen-bond donors (Lipinski definition) is 1. The molecule has 3 aromatic rings. The number of hydrogen-bond acceptors (Lipinski definition) is 3. The lowest BCUT2D eigenvalue weighted by Crippen LogP contribution is -2.25. The number of carbonyl (C=O) groups excluding carboxylic acids is 1. The fraction of sp³-hybridized carbons (Fsp3) is 0.158. The maximum absolute atomic E-state index is 12.4. The SMILES string of the molecule is CSc1nccn1-c1cccc(C(=O)NCCc2ccc(Cl)cc2)c1. The lowest BCUT2D eigenvalue weighted by Gasteiger charge is -2.09. The molecule has 0 bridgehead atoms. The topological polar surface area (TPSA) is 46.9 Å². The Hall–Kier alpha value is -2.24. The zero-order valence-electron chi connectivity index (χ0n) is 13.8. The Balaban J connectivity index is 1.64. The van der Waals surface area contributed by atoms with Gasteiger partial charge in [0.05, 0.1) is 0 Å². The summed E-state index contributed by atoms with van der Waals surface area (Å²) >= 11 is 7.44. The fourth-order valence-corrected chi connectivity index (χ4v) is 3.16. The predicted octanol–water partition coefficient (Wildman–Crippen LogP) is 4.22. The van der Waals surface area contributed by atoms with Crippen molar-refractivity contribution in [3.63, 3.8) is 0 Å². The maximum atomic E-state index is 12.4. The monoisotopic (exact) mass is 371 g/mol. The Morgan fingerprint density at radius 2 is 2.04 bits per heavy atom. The maximum Gasteiger partial charge on any atom is 0.251 e. The van der Waals surface area contributed by atoms with E-state index in [9.17, 15) is 4.79 Å². The Kier molecular flexibility index (Phi) is 5.79. The van der Waals surface area contributed by atoms with Crippen molar-refractivity contribution in [3.05, 3.63) is 77.1 Å². The van der Waals surface area contributed by atoms with Gasteiger partial charge in [-0.2, -0.15) is 0 Å². The van der Waals surface area contributed by atoms with Gasteiger partial charge in [-0.3, -0.25) is 9.36 Å². The third-order valence-corrected chi connectivity index (χ3v) is 4.71. The molecule has 3 rings (SSSR count). The third-order valence-electron chi connectivity index (χ3n) is 3.79. The van der Waals surface area contributed by atoms with Crippen molar-refractivity contribution in [1.82, 2.24) is 14.9 Å². The molecule has 0 aliphatic carbocycles. The number of rotatable bonds is 6. The summed E-state index contributed by atoms with van der Waals surface area (Å²) in [6, 6.07) is 15.2. The van der Waals surface area contributed by atoms with Crippen LogP contribution in [0.25, 0.3) is 5.69 Å². The highest BCUT2D eigenvalue weighted by Crippen LogP contribution is 2.19. The van der Waals surface area contributed by atoms with Crippen molar-refractivity contribution < 1.29 is 4.79 Å². The van der Waals surface area contributed by atoms with Crippen LogP contribution in [-0.2, 0) is 6.42 Å². The van der Waals surface area contributed by atoms with Crippen LogP contribution in [0.15, 0.2) is 66.1 Å². The minimum absolute atomic E-state index is 0.0818. The number of carbonyl (C=O) groups is 1. The number of amides is 1. The summed E-state index contributed by atoms with van der Waals surface area (Å²) < 4.78 is 1.97. The fourth-order valence-electron chi connectivity index (χ4n) is 2.51. The minimum Gasteiger partial charge on any atom is -0.352 e. The number of aromatic nitrogens is 2. The molecule has 25 heavy (non-hydrogen) atoms. The molecule has 0 fully saturated rings. The van der Waals surface area contributed by atoms with Crippen LogP contribution in [0.5, 0.6) is 0 Å². The second-order valence-corrected chi connectivity index (χ2v) is 6.68. The van der Waals surface area contributed by atoms with Gasteiger partial charge < -0.3 is 5.32 Å². The molecule has 0 atom stereocenters. The quantitative estimate of drug-likeness (QED) is 0.660. The molecule has 4 nitrogen and oxygen atoms in total. The van der Waals surface area contributed by atoms with Crippen LogP contribution in [0.2, 0.25) is 5.02 Å². The molecule has 0 saturated heterocycles. The number of imidazole rings is 1. The summed E-state index contributed by atoms with van der Waals surface area (Å²) in [5.74, 6) is -0.0818. The predicted molar refractivity (Wildman–Crippen MR) is 103 cm³/mol. The van der Waals surface area contributed by atoms with Gasteiger partial charge in [0.15, 0.2) is 5.16 Å². The average molecular weight is 372 g/mol. The van der Waals surface area contributed by atoms with Gasteiger partial charge in [0.1, 0.15) is 0 Å². The van der Waals surface area contributed by atoms with Crippen LogP contribution in [0.3, 0.4) is 0 Å². The van der Waals surface area contributed by atoms with E-state index in [2.05, 4.69) is 10.3 Å². The van der Waals surface area contributed by atoms with E-state index in [1.54, 1.807) is 18.0 Å². The standard InChI is InChI=1S/C19H18ClN3OS/c1-25-19-22-11-12-23(19)17-4-2-3-15(13-17)18(24)21-10-9-14-5-7-16(20)8-6-14/h2-8,11-13H,9-10H2,1H3,(H,21,24). The van der Waals surface area contributed by atoms with E-state index in [-0.39, 0.29) is 5.91 Å². The van der Waals surface area contributed by atoms with Crippen molar-refractivity contribution in [2.75, 3.05) is 12.8 Å².